The molecule has 0 bridgehead atoms. The molecule has 284 valence electrons. The largest absolute Gasteiger partial charge is 0.444 e. The number of Topliss-reactive ketones (excluding diaryl/α,β-unsaturated/α-hetero) is 1. The number of carbonyl (C=O) groups excluding carboxylic acids is 4. The Labute approximate surface area is 316 Å². The minimum Gasteiger partial charge on any atom is -0.444 e. The summed E-state index contributed by atoms with van der Waals surface area (Å²) in [6, 6.07) is 14.3. The second kappa shape index (κ2) is 18.8. The Hall–Kier alpha value is -3.86. The van der Waals surface area contributed by atoms with E-state index in [0.717, 1.165) is 16.2 Å². The fourth-order valence-electron chi connectivity index (χ4n) is 5.30. The van der Waals surface area contributed by atoms with Crippen LogP contribution in [0, 0.1) is 12.3 Å². The molecular weight excluding hydrogens is 713 g/mol. The Morgan fingerprint density at radius 2 is 1.15 bits per heavy atom. The van der Waals surface area contributed by atoms with Gasteiger partial charge in [0.15, 0.2) is 6.10 Å². The quantitative estimate of drug-likeness (QED) is 0.190. The zero-order chi connectivity index (χ0) is 38.8. The number of ketones is 1. The third-order valence-corrected chi connectivity index (χ3v) is 8.41. The highest BCUT2D eigenvalue weighted by Crippen LogP contribution is 2.23. The molecule has 0 unspecified atom stereocenters. The van der Waals surface area contributed by atoms with Gasteiger partial charge in [0.05, 0.1) is 45.5 Å². The van der Waals surface area contributed by atoms with E-state index in [9.17, 15) is 19.2 Å². The lowest BCUT2D eigenvalue weighted by Gasteiger charge is -2.40. The van der Waals surface area contributed by atoms with Crippen molar-refractivity contribution in [2.45, 2.75) is 89.9 Å². The van der Waals surface area contributed by atoms with Crippen LogP contribution >= 0.6 is 23.2 Å². The van der Waals surface area contributed by atoms with Crippen molar-refractivity contribution in [2.24, 2.45) is 0 Å². The van der Waals surface area contributed by atoms with Crippen LogP contribution in [0.2, 0.25) is 10.0 Å². The van der Waals surface area contributed by atoms with Crippen LogP contribution in [0.4, 0.5) is 9.59 Å². The third kappa shape index (κ3) is 13.3. The van der Waals surface area contributed by atoms with Crippen molar-refractivity contribution >= 4 is 47.1 Å². The maximum Gasteiger partial charge on any atom is 0.410 e. The van der Waals surface area contributed by atoms with Gasteiger partial charge in [-0.25, -0.2) is 14.7 Å². The molecule has 0 N–H and O–H groups in total. The van der Waals surface area contributed by atoms with Crippen molar-refractivity contribution < 1.29 is 43.0 Å². The van der Waals surface area contributed by atoms with Gasteiger partial charge in [-0.05, 0) is 95.7 Å². The average molecular weight is 763 g/mol. The number of hydroxylamine groups is 2. The molecule has 0 aromatic heterocycles. The SMILES string of the molecule is C#CC(=O)[C@H]1CN(C(=O)OC(C)(C)C)[C@@H](Cc2ccc(Cl)cc2)CO1.CON(C)C(=O)[C@H]1CN(C(=O)OC(C)(C)C)[C@@H](Cc2ccc(Cl)cc2)CO1. The van der Waals surface area contributed by atoms with Gasteiger partial charge in [-0.1, -0.05) is 47.5 Å². The first-order valence-corrected chi connectivity index (χ1v) is 17.6. The maximum absolute atomic E-state index is 12.7. The highest BCUT2D eigenvalue weighted by atomic mass is 35.5. The number of morpholine rings is 2. The molecule has 0 radical (unpaired) electrons. The number of rotatable bonds is 7. The minimum absolute atomic E-state index is 0.0796. The monoisotopic (exact) mass is 761 g/mol. The first-order chi connectivity index (χ1) is 24.3. The van der Waals surface area contributed by atoms with E-state index in [4.69, 9.17) is 53.4 Å². The maximum atomic E-state index is 12.7. The molecule has 2 aliphatic heterocycles. The molecule has 12 nitrogen and oxygen atoms in total. The van der Waals surface area contributed by atoms with Gasteiger partial charge >= 0.3 is 12.2 Å². The van der Waals surface area contributed by atoms with E-state index in [1.165, 1.54) is 19.1 Å². The summed E-state index contributed by atoms with van der Waals surface area (Å²) in [7, 11) is 2.90. The molecule has 0 spiro atoms. The number of halogens is 2. The van der Waals surface area contributed by atoms with E-state index in [2.05, 4.69) is 5.92 Å². The Morgan fingerprint density at radius 1 is 0.769 bits per heavy atom. The van der Waals surface area contributed by atoms with Crippen molar-refractivity contribution in [3.63, 3.8) is 0 Å². The van der Waals surface area contributed by atoms with Crippen molar-refractivity contribution in [1.82, 2.24) is 14.9 Å². The number of nitrogens with zero attached hydrogens (tertiary/aromatic N) is 3. The van der Waals surface area contributed by atoms with Gasteiger partial charge in [-0.3, -0.25) is 24.2 Å². The number of carbonyl (C=O) groups is 4. The Morgan fingerprint density at radius 3 is 1.52 bits per heavy atom. The smallest absolute Gasteiger partial charge is 0.410 e. The van der Waals surface area contributed by atoms with Crippen LogP contribution in [0.25, 0.3) is 0 Å². The Kier molecular flexibility index (Phi) is 15.4. The fraction of sp³-hybridized carbons (Fsp3) is 0.526. The van der Waals surface area contributed by atoms with Gasteiger partial charge in [0.1, 0.15) is 17.3 Å². The summed E-state index contributed by atoms with van der Waals surface area (Å²) in [5, 5.41) is 2.39. The molecule has 2 saturated heterocycles. The summed E-state index contributed by atoms with van der Waals surface area (Å²) in [6.07, 6.45) is 3.73. The number of amides is 3. The second-order valence-corrected chi connectivity index (χ2v) is 15.3. The molecule has 3 amide bonds. The van der Waals surface area contributed by atoms with Gasteiger partial charge < -0.3 is 18.9 Å². The zero-order valence-corrected chi connectivity index (χ0v) is 32.5. The van der Waals surface area contributed by atoms with Crippen molar-refractivity contribution in [3.05, 3.63) is 69.7 Å². The van der Waals surface area contributed by atoms with Crippen LogP contribution < -0.4 is 0 Å². The van der Waals surface area contributed by atoms with Crippen molar-refractivity contribution in [3.8, 4) is 12.3 Å². The predicted octanol–water partition coefficient (Wildman–Crippen LogP) is 6.00. The van der Waals surface area contributed by atoms with Gasteiger partial charge in [-0.15, -0.1) is 6.42 Å². The molecule has 4 atom stereocenters. The molecule has 52 heavy (non-hydrogen) atoms. The van der Waals surface area contributed by atoms with E-state index in [1.807, 2.05) is 24.3 Å². The number of hydrogen-bond donors (Lipinski definition) is 0. The summed E-state index contributed by atoms with van der Waals surface area (Å²) >= 11 is 11.9. The highest BCUT2D eigenvalue weighted by Gasteiger charge is 2.39. The lowest BCUT2D eigenvalue weighted by molar-refractivity contribution is -0.187. The summed E-state index contributed by atoms with van der Waals surface area (Å²) in [6.45, 7) is 11.4. The number of hydrogen-bond acceptors (Lipinski definition) is 9. The molecule has 0 aliphatic carbocycles. The summed E-state index contributed by atoms with van der Waals surface area (Å²) in [4.78, 5) is 57.5. The van der Waals surface area contributed by atoms with Crippen LogP contribution in [0.15, 0.2) is 48.5 Å². The lowest BCUT2D eigenvalue weighted by atomic mass is 10.0. The molecule has 14 heteroatoms. The van der Waals surface area contributed by atoms with E-state index in [-0.39, 0.29) is 44.3 Å². The third-order valence-electron chi connectivity index (χ3n) is 7.91. The van der Waals surface area contributed by atoms with Gasteiger partial charge in [0.25, 0.3) is 5.91 Å². The molecular formula is C38H49Cl2N3O9. The van der Waals surface area contributed by atoms with Crippen LogP contribution in [0.1, 0.15) is 52.7 Å². The predicted molar refractivity (Wildman–Crippen MR) is 197 cm³/mol. The summed E-state index contributed by atoms with van der Waals surface area (Å²) in [5.41, 5.74) is 0.753. The van der Waals surface area contributed by atoms with Gasteiger partial charge in [-0.2, -0.15) is 0 Å². The first kappa shape index (κ1) is 42.6. The number of benzene rings is 2. The Balaban J connectivity index is 0.000000281. The van der Waals surface area contributed by atoms with E-state index in [0.29, 0.717) is 22.9 Å². The zero-order valence-electron chi connectivity index (χ0n) is 31.0. The standard InChI is InChI=1S/C19H27ClN2O5.C19H22ClNO4/c1-19(2,3)27-18(24)22-11-16(17(23)21(4)25-5)26-12-15(22)10-13-6-8-14(20)9-7-13;1-5-16(22)17-11-21(18(23)25-19(2,3)4)15(12-24-17)10-13-6-8-14(20)9-7-13/h6-9,15-16H,10-12H2,1-5H3;1,6-9,15,17H,10-12H2,2-4H3/t15-,16+;15-,17+/m00/s1. The Bertz CT molecular complexity index is 1570. The van der Waals surface area contributed by atoms with Crippen LogP contribution in [0.3, 0.4) is 0 Å². The molecule has 4 rings (SSSR count). The van der Waals surface area contributed by atoms with E-state index < -0.39 is 41.4 Å². The molecule has 2 aromatic carbocycles. The highest BCUT2D eigenvalue weighted by molar-refractivity contribution is 6.30. The summed E-state index contributed by atoms with van der Waals surface area (Å²) in [5.74, 6) is 1.23. The molecule has 2 aliphatic rings. The topological polar surface area (TPSA) is 124 Å². The first-order valence-electron chi connectivity index (χ1n) is 16.8. The second-order valence-electron chi connectivity index (χ2n) is 14.4. The van der Waals surface area contributed by atoms with Crippen molar-refractivity contribution in [2.75, 3.05) is 40.5 Å². The lowest BCUT2D eigenvalue weighted by Crippen LogP contribution is -2.57. The normalized spacial score (nSPS) is 20.5. The van der Waals surface area contributed by atoms with Gasteiger partial charge in [0.2, 0.25) is 5.78 Å². The number of terminal acetylenes is 1. The summed E-state index contributed by atoms with van der Waals surface area (Å²) < 4.78 is 22.3. The van der Waals surface area contributed by atoms with Crippen molar-refractivity contribution in [1.29, 1.82) is 0 Å². The number of ether oxygens (including phenoxy) is 4. The van der Waals surface area contributed by atoms with Crippen LogP contribution in [0.5, 0.6) is 0 Å². The van der Waals surface area contributed by atoms with Crippen LogP contribution in [-0.4, -0.2) is 115 Å². The fourth-order valence-corrected chi connectivity index (χ4v) is 5.55. The molecule has 2 heterocycles. The minimum atomic E-state index is -0.820. The van der Waals surface area contributed by atoms with Gasteiger partial charge in [0, 0.05) is 17.1 Å². The molecule has 2 aromatic rings. The average Bonchev–Trinajstić information content (AvgIpc) is 3.08. The van der Waals surface area contributed by atoms with E-state index >= 15 is 0 Å². The molecule has 2 fully saturated rings. The number of likely N-dealkylation sites (N-methyl/N-ethyl adjacent to an activating group) is 1. The van der Waals surface area contributed by atoms with E-state index in [1.54, 1.807) is 70.7 Å². The van der Waals surface area contributed by atoms with Crippen LogP contribution in [-0.2, 0) is 46.2 Å². The molecule has 0 saturated carbocycles.